The van der Waals surface area contributed by atoms with Gasteiger partial charge in [-0.05, 0) is 67.4 Å². The second kappa shape index (κ2) is 5.48. The summed E-state index contributed by atoms with van der Waals surface area (Å²) in [5.74, 6) is 3.30. The molecule has 2 unspecified atom stereocenters. The third-order valence-corrected chi connectivity index (χ3v) is 6.39. The van der Waals surface area contributed by atoms with Crippen LogP contribution >= 0.6 is 0 Å². The second-order valence-electron chi connectivity index (χ2n) is 8.03. The number of hydrogen-bond acceptors (Lipinski definition) is 4. The molecule has 4 bridgehead atoms. The zero-order valence-corrected chi connectivity index (χ0v) is 14.0. The predicted octanol–water partition coefficient (Wildman–Crippen LogP) is 3.49. The molecule has 1 heterocycles. The lowest BCUT2D eigenvalue weighted by Gasteiger charge is -2.37. The number of aliphatic imine (C=N–C) groups is 1. The summed E-state index contributed by atoms with van der Waals surface area (Å²) in [6.07, 6.45) is 10.3. The van der Waals surface area contributed by atoms with Crippen LogP contribution in [0.3, 0.4) is 0 Å². The van der Waals surface area contributed by atoms with Crippen LogP contribution in [0, 0.1) is 34.6 Å². The molecule has 4 aliphatic rings. The molecule has 4 fully saturated rings. The molecule has 0 aliphatic heterocycles. The van der Waals surface area contributed by atoms with E-state index in [1.54, 1.807) is 0 Å². The first-order valence-electron chi connectivity index (χ1n) is 9.03. The Labute approximate surface area is 146 Å². The quantitative estimate of drug-likeness (QED) is 0.388. The van der Waals surface area contributed by atoms with E-state index in [0.29, 0.717) is 17.0 Å². The van der Waals surface area contributed by atoms with Gasteiger partial charge < -0.3 is 9.73 Å². The fourth-order valence-corrected chi connectivity index (χ4v) is 5.65. The Balaban J connectivity index is 1.34. The summed E-state index contributed by atoms with van der Waals surface area (Å²) in [6.45, 7) is 0.804. The highest BCUT2D eigenvalue weighted by Crippen LogP contribution is 2.64. The van der Waals surface area contributed by atoms with E-state index >= 15 is 0 Å². The van der Waals surface area contributed by atoms with E-state index in [-0.39, 0.29) is 0 Å². The highest BCUT2D eigenvalue weighted by Gasteiger charge is 2.55. The third-order valence-electron chi connectivity index (χ3n) is 6.39. The molecule has 0 saturated heterocycles. The molecule has 4 aliphatic carbocycles. The second-order valence-corrected chi connectivity index (χ2v) is 8.03. The lowest BCUT2D eigenvalue weighted by Crippen LogP contribution is -2.33. The molecular weight excluding hydrogens is 314 g/mol. The fourth-order valence-electron chi connectivity index (χ4n) is 5.65. The summed E-state index contributed by atoms with van der Waals surface area (Å²) in [5.41, 5.74) is 2.73. The average molecular weight is 335 g/mol. The number of hydrogen-bond donors (Lipinski definition) is 2. The standard InChI is InChI=1S/C19H21N5O/c20-10-22-18(24-15-1-2-16-17(5-15)25-11-23-16)21-9-19-6-12-3-13(7-19)14(4-12)8-19/h1-2,5,11-14H,3-4,6-9H2,(H2,21,22,24). The third kappa shape index (κ3) is 2.55. The number of nitrogens with one attached hydrogen (secondary N) is 2. The minimum atomic E-state index is 0.370. The maximum absolute atomic E-state index is 9.06. The van der Waals surface area contributed by atoms with Crippen LogP contribution in [-0.4, -0.2) is 17.5 Å². The van der Waals surface area contributed by atoms with Gasteiger partial charge in [0.2, 0.25) is 5.96 Å². The van der Waals surface area contributed by atoms with Gasteiger partial charge in [-0.15, -0.1) is 0 Å². The van der Waals surface area contributed by atoms with Gasteiger partial charge in [0.15, 0.2) is 18.2 Å². The molecule has 2 N–H and O–H groups in total. The molecule has 128 valence electrons. The molecule has 0 amide bonds. The molecule has 6 heteroatoms. The van der Waals surface area contributed by atoms with E-state index in [4.69, 9.17) is 14.7 Å². The Bertz CT molecular complexity index is 860. The summed E-state index contributed by atoms with van der Waals surface area (Å²) in [7, 11) is 0. The SMILES string of the molecule is N#CNC(=NCC12CC3CC(C1)C(C3)C2)Nc1ccc2ncoc2c1. The largest absolute Gasteiger partial charge is 0.443 e. The number of anilines is 1. The Hall–Kier alpha value is -2.55. The number of guanidine groups is 1. The normalized spacial score (nSPS) is 32.9. The molecule has 6 nitrogen and oxygen atoms in total. The molecule has 2 aromatic rings. The highest BCUT2D eigenvalue weighted by molar-refractivity contribution is 5.96. The van der Waals surface area contributed by atoms with Gasteiger partial charge in [-0.2, -0.15) is 5.26 Å². The van der Waals surface area contributed by atoms with Gasteiger partial charge in [-0.25, -0.2) is 4.98 Å². The number of benzene rings is 1. The van der Waals surface area contributed by atoms with Crippen molar-refractivity contribution >= 4 is 22.7 Å². The van der Waals surface area contributed by atoms with Crippen molar-refractivity contribution in [3.05, 3.63) is 24.6 Å². The Morgan fingerprint density at radius 3 is 2.92 bits per heavy atom. The van der Waals surface area contributed by atoms with Gasteiger partial charge in [0.1, 0.15) is 5.52 Å². The summed E-state index contributed by atoms with van der Waals surface area (Å²) >= 11 is 0. The van der Waals surface area contributed by atoms with Gasteiger partial charge in [0, 0.05) is 18.3 Å². The van der Waals surface area contributed by atoms with Crippen molar-refractivity contribution in [2.24, 2.45) is 28.2 Å². The van der Waals surface area contributed by atoms with Crippen LogP contribution in [0.2, 0.25) is 0 Å². The van der Waals surface area contributed by atoms with Crippen molar-refractivity contribution in [3.8, 4) is 6.19 Å². The van der Waals surface area contributed by atoms with E-state index in [9.17, 15) is 0 Å². The molecule has 0 radical (unpaired) electrons. The lowest BCUT2D eigenvalue weighted by atomic mass is 9.69. The van der Waals surface area contributed by atoms with Crippen molar-refractivity contribution in [1.82, 2.24) is 10.3 Å². The molecule has 2 atom stereocenters. The van der Waals surface area contributed by atoms with Crippen LogP contribution in [0.4, 0.5) is 5.69 Å². The molecule has 1 aromatic heterocycles. The van der Waals surface area contributed by atoms with E-state index in [2.05, 4.69) is 15.6 Å². The molecule has 4 saturated carbocycles. The van der Waals surface area contributed by atoms with Crippen molar-refractivity contribution in [3.63, 3.8) is 0 Å². The van der Waals surface area contributed by atoms with Crippen molar-refractivity contribution < 1.29 is 4.42 Å². The summed E-state index contributed by atoms with van der Waals surface area (Å²) < 4.78 is 5.33. The Morgan fingerprint density at radius 1 is 1.32 bits per heavy atom. The first-order valence-corrected chi connectivity index (χ1v) is 9.03. The molecule has 1 aromatic carbocycles. The van der Waals surface area contributed by atoms with E-state index in [1.807, 2.05) is 24.4 Å². The topological polar surface area (TPSA) is 86.2 Å². The minimum Gasteiger partial charge on any atom is -0.443 e. The number of nitrogens with zero attached hydrogens (tertiary/aromatic N) is 3. The van der Waals surface area contributed by atoms with Crippen LogP contribution in [0.15, 0.2) is 34.0 Å². The smallest absolute Gasteiger partial charge is 0.209 e. The van der Waals surface area contributed by atoms with Gasteiger partial charge in [0.05, 0.1) is 0 Å². The Morgan fingerprint density at radius 2 is 2.16 bits per heavy atom. The van der Waals surface area contributed by atoms with Crippen molar-refractivity contribution in [2.75, 3.05) is 11.9 Å². The van der Waals surface area contributed by atoms with Gasteiger partial charge in [0.25, 0.3) is 0 Å². The predicted molar refractivity (Wildman–Crippen MR) is 94.7 cm³/mol. The van der Waals surface area contributed by atoms with Gasteiger partial charge >= 0.3 is 0 Å². The monoisotopic (exact) mass is 335 g/mol. The molecule has 6 rings (SSSR count). The molecule has 0 spiro atoms. The average Bonchev–Trinajstić information content (AvgIpc) is 3.24. The molecule has 25 heavy (non-hydrogen) atoms. The fraction of sp³-hybridized carbons (Fsp3) is 0.526. The summed E-state index contributed by atoms with van der Waals surface area (Å²) in [5, 5.41) is 15.0. The first kappa shape index (κ1) is 14.8. The number of rotatable bonds is 3. The van der Waals surface area contributed by atoms with Crippen LogP contribution < -0.4 is 10.6 Å². The zero-order chi connectivity index (χ0) is 16.9. The zero-order valence-electron chi connectivity index (χ0n) is 14.0. The number of oxazole rings is 1. The number of nitriles is 1. The summed E-state index contributed by atoms with van der Waals surface area (Å²) in [4.78, 5) is 8.87. The lowest BCUT2D eigenvalue weighted by molar-refractivity contribution is 0.154. The van der Waals surface area contributed by atoms with Crippen molar-refractivity contribution in [2.45, 2.75) is 32.1 Å². The van der Waals surface area contributed by atoms with Crippen LogP contribution in [0.5, 0.6) is 0 Å². The maximum Gasteiger partial charge on any atom is 0.209 e. The van der Waals surface area contributed by atoms with E-state index < -0.39 is 0 Å². The number of fused-ring (bicyclic) bond motifs is 1. The maximum atomic E-state index is 9.06. The van der Waals surface area contributed by atoms with Crippen LogP contribution in [0.25, 0.3) is 11.1 Å². The van der Waals surface area contributed by atoms with Gasteiger partial charge in [-0.3, -0.25) is 10.3 Å². The van der Waals surface area contributed by atoms with E-state index in [0.717, 1.165) is 35.5 Å². The first-order chi connectivity index (χ1) is 12.2. The summed E-state index contributed by atoms with van der Waals surface area (Å²) in [6, 6.07) is 5.68. The molecular formula is C19H21N5O. The van der Waals surface area contributed by atoms with E-state index in [1.165, 1.54) is 38.5 Å². The minimum absolute atomic E-state index is 0.370. The highest BCUT2D eigenvalue weighted by atomic mass is 16.3. The van der Waals surface area contributed by atoms with Crippen molar-refractivity contribution in [1.29, 1.82) is 5.26 Å². The van der Waals surface area contributed by atoms with Gasteiger partial charge in [-0.1, -0.05) is 0 Å². The van der Waals surface area contributed by atoms with Crippen LogP contribution in [-0.2, 0) is 0 Å². The number of aromatic nitrogens is 1. The Kier molecular flexibility index (Phi) is 3.24. The van der Waals surface area contributed by atoms with Crippen LogP contribution in [0.1, 0.15) is 32.1 Å².